The molecule has 0 radical (unpaired) electrons. The number of hydrogen-bond donors (Lipinski definition) is 1. The first-order chi connectivity index (χ1) is 12.3. The van der Waals surface area contributed by atoms with E-state index in [1.807, 2.05) is 31.4 Å². The second-order valence-corrected chi connectivity index (χ2v) is 5.98. The topological polar surface area (TPSA) is 71.4 Å². The Balaban J connectivity index is 2.08. The Morgan fingerprint density at radius 1 is 1.15 bits per heavy atom. The van der Waals surface area contributed by atoms with E-state index < -0.39 is 23.7 Å². The number of imide groups is 2. The highest BCUT2D eigenvalue weighted by Gasteiger charge is 2.38. The molecule has 4 amide bonds. The van der Waals surface area contributed by atoms with Crippen molar-refractivity contribution in [1.82, 2.24) is 9.88 Å². The van der Waals surface area contributed by atoms with E-state index in [2.05, 4.69) is 5.32 Å². The number of urea groups is 1. The van der Waals surface area contributed by atoms with E-state index in [-0.39, 0.29) is 11.3 Å². The monoisotopic (exact) mass is 355 g/mol. The predicted molar refractivity (Wildman–Crippen MR) is 95.0 cm³/mol. The van der Waals surface area contributed by atoms with Crippen molar-refractivity contribution < 1.29 is 18.8 Å². The Kier molecular flexibility index (Phi) is 4.46. The molecule has 6 nitrogen and oxygen atoms in total. The lowest BCUT2D eigenvalue weighted by Gasteiger charge is -2.26. The van der Waals surface area contributed by atoms with Crippen LogP contribution in [-0.2, 0) is 16.1 Å². The largest absolute Gasteiger partial charge is 0.349 e. The Morgan fingerprint density at radius 2 is 1.85 bits per heavy atom. The van der Waals surface area contributed by atoms with E-state index in [0.29, 0.717) is 10.5 Å². The van der Waals surface area contributed by atoms with Crippen molar-refractivity contribution in [2.24, 2.45) is 0 Å². The number of aryl methyl sites for hydroxylation is 1. The lowest BCUT2D eigenvalue weighted by Crippen LogP contribution is -2.54. The van der Waals surface area contributed by atoms with E-state index in [0.717, 1.165) is 24.0 Å². The Morgan fingerprint density at radius 3 is 2.46 bits per heavy atom. The number of carbonyl (C=O) groups excluding carboxylic acids is 3. The van der Waals surface area contributed by atoms with Gasteiger partial charge in [0.2, 0.25) is 0 Å². The van der Waals surface area contributed by atoms with Gasteiger partial charge in [-0.05, 0) is 50.6 Å². The first kappa shape index (κ1) is 17.6. The van der Waals surface area contributed by atoms with Crippen LogP contribution in [0.3, 0.4) is 0 Å². The molecule has 0 atom stereocenters. The maximum absolute atomic E-state index is 14.1. The highest BCUT2D eigenvalue weighted by atomic mass is 19.1. The Labute approximate surface area is 149 Å². The van der Waals surface area contributed by atoms with Gasteiger partial charge in [-0.1, -0.05) is 12.1 Å². The summed E-state index contributed by atoms with van der Waals surface area (Å²) in [5.41, 5.74) is 2.16. The summed E-state index contributed by atoms with van der Waals surface area (Å²) >= 11 is 0. The minimum Gasteiger partial charge on any atom is -0.349 e. The number of barbiturate groups is 1. The van der Waals surface area contributed by atoms with E-state index in [1.54, 1.807) is 0 Å². The van der Waals surface area contributed by atoms with Crippen LogP contribution in [0.4, 0.5) is 14.9 Å². The maximum Gasteiger partial charge on any atom is 0.336 e. The van der Waals surface area contributed by atoms with Gasteiger partial charge in [-0.3, -0.25) is 14.9 Å². The summed E-state index contributed by atoms with van der Waals surface area (Å²) in [6.07, 6.45) is 1.44. The zero-order valence-corrected chi connectivity index (χ0v) is 14.7. The van der Waals surface area contributed by atoms with Gasteiger partial charge in [0.05, 0.1) is 5.69 Å². The van der Waals surface area contributed by atoms with Crippen molar-refractivity contribution in [2.45, 2.75) is 27.3 Å². The third-order valence-electron chi connectivity index (χ3n) is 4.42. The average Bonchev–Trinajstić information content (AvgIpc) is 2.86. The predicted octanol–water partition coefficient (Wildman–Crippen LogP) is 2.93. The third kappa shape index (κ3) is 2.81. The van der Waals surface area contributed by atoms with Crippen molar-refractivity contribution in [3.63, 3.8) is 0 Å². The van der Waals surface area contributed by atoms with E-state index in [1.165, 1.54) is 24.3 Å². The zero-order valence-electron chi connectivity index (χ0n) is 14.7. The van der Waals surface area contributed by atoms with Crippen molar-refractivity contribution in [1.29, 1.82) is 0 Å². The molecule has 2 heterocycles. The number of amides is 4. The molecular formula is C19H18FN3O3. The number of halogens is 1. The molecule has 1 fully saturated rings. The third-order valence-corrected chi connectivity index (χ3v) is 4.42. The molecule has 0 unspecified atom stereocenters. The van der Waals surface area contributed by atoms with Crippen molar-refractivity contribution in [3.05, 3.63) is 58.7 Å². The summed E-state index contributed by atoms with van der Waals surface area (Å²) in [6, 6.07) is 6.30. The summed E-state index contributed by atoms with van der Waals surface area (Å²) in [5, 5.41) is 2.10. The molecule has 1 aromatic heterocycles. The van der Waals surface area contributed by atoms with Crippen LogP contribution in [-0.4, -0.2) is 22.4 Å². The molecule has 1 aromatic carbocycles. The summed E-state index contributed by atoms with van der Waals surface area (Å²) in [6.45, 7) is 6.55. The van der Waals surface area contributed by atoms with Gasteiger partial charge in [0.25, 0.3) is 11.8 Å². The number of nitrogens with zero attached hydrogens (tertiary/aromatic N) is 2. The number of hydrogen-bond acceptors (Lipinski definition) is 3. The SMILES string of the molecule is CCn1c(C)cc(/C=C2/C(=O)NC(=O)N(c3ccccc3F)C2=O)c1C. The summed E-state index contributed by atoms with van der Waals surface area (Å²) in [7, 11) is 0. The van der Waals surface area contributed by atoms with Crippen molar-refractivity contribution in [3.8, 4) is 0 Å². The van der Waals surface area contributed by atoms with Crippen LogP contribution in [0.2, 0.25) is 0 Å². The van der Waals surface area contributed by atoms with Gasteiger partial charge in [0, 0.05) is 17.9 Å². The molecule has 0 spiro atoms. The Bertz CT molecular complexity index is 959. The van der Waals surface area contributed by atoms with E-state index in [4.69, 9.17) is 0 Å². The molecular weight excluding hydrogens is 337 g/mol. The summed E-state index contributed by atoms with van der Waals surface area (Å²) in [5.74, 6) is -2.38. The molecule has 7 heteroatoms. The molecule has 2 aromatic rings. The van der Waals surface area contributed by atoms with Gasteiger partial charge in [0.15, 0.2) is 0 Å². The van der Waals surface area contributed by atoms with E-state index >= 15 is 0 Å². The fraction of sp³-hybridized carbons (Fsp3) is 0.211. The lowest BCUT2D eigenvalue weighted by molar-refractivity contribution is -0.122. The normalized spacial score (nSPS) is 16.4. The lowest BCUT2D eigenvalue weighted by atomic mass is 10.1. The maximum atomic E-state index is 14.1. The number of nitrogens with one attached hydrogen (secondary N) is 1. The Hall–Kier alpha value is -3.22. The van der Waals surface area contributed by atoms with Crippen LogP contribution in [0, 0.1) is 19.7 Å². The molecule has 0 bridgehead atoms. The zero-order chi connectivity index (χ0) is 19.0. The number of carbonyl (C=O) groups is 3. The fourth-order valence-corrected chi connectivity index (χ4v) is 3.13. The molecule has 0 aliphatic carbocycles. The van der Waals surface area contributed by atoms with Gasteiger partial charge in [0.1, 0.15) is 11.4 Å². The van der Waals surface area contributed by atoms with Crippen molar-refractivity contribution >= 4 is 29.6 Å². The minimum absolute atomic E-state index is 0.201. The smallest absolute Gasteiger partial charge is 0.336 e. The fourth-order valence-electron chi connectivity index (χ4n) is 3.13. The summed E-state index contributed by atoms with van der Waals surface area (Å²) < 4.78 is 16.1. The average molecular weight is 355 g/mol. The van der Waals surface area contributed by atoms with Crippen LogP contribution in [0.5, 0.6) is 0 Å². The molecule has 0 saturated carbocycles. The highest BCUT2D eigenvalue weighted by Crippen LogP contribution is 2.25. The van der Waals surface area contributed by atoms with Crippen LogP contribution in [0.1, 0.15) is 23.9 Å². The molecule has 1 saturated heterocycles. The van der Waals surface area contributed by atoms with Crippen LogP contribution < -0.4 is 10.2 Å². The number of rotatable bonds is 3. The van der Waals surface area contributed by atoms with Crippen LogP contribution in [0.15, 0.2) is 35.9 Å². The number of para-hydroxylation sites is 1. The van der Waals surface area contributed by atoms with Gasteiger partial charge in [-0.2, -0.15) is 0 Å². The molecule has 26 heavy (non-hydrogen) atoms. The number of anilines is 1. The molecule has 3 rings (SSSR count). The van der Waals surface area contributed by atoms with Gasteiger partial charge in [-0.25, -0.2) is 14.1 Å². The first-order valence-corrected chi connectivity index (χ1v) is 8.17. The molecule has 1 N–H and O–H groups in total. The molecule has 1 aliphatic heterocycles. The van der Waals surface area contributed by atoms with Gasteiger partial charge < -0.3 is 4.57 Å². The number of benzene rings is 1. The molecule has 134 valence electrons. The first-order valence-electron chi connectivity index (χ1n) is 8.17. The van der Waals surface area contributed by atoms with Gasteiger partial charge >= 0.3 is 6.03 Å². The second kappa shape index (κ2) is 6.59. The number of aromatic nitrogens is 1. The molecule has 1 aliphatic rings. The van der Waals surface area contributed by atoms with Gasteiger partial charge in [-0.15, -0.1) is 0 Å². The van der Waals surface area contributed by atoms with Crippen LogP contribution in [0.25, 0.3) is 6.08 Å². The standard InChI is InChI=1S/C19H18FN3O3/c1-4-22-11(2)9-13(12(22)3)10-14-17(24)21-19(26)23(18(14)25)16-8-6-5-7-15(16)20/h5-10H,4H2,1-3H3,(H,21,24,26)/b14-10-. The summed E-state index contributed by atoms with van der Waals surface area (Å²) in [4.78, 5) is 37.7. The highest BCUT2D eigenvalue weighted by molar-refractivity contribution is 6.39. The quantitative estimate of drug-likeness (QED) is 0.680. The van der Waals surface area contributed by atoms with Crippen molar-refractivity contribution in [2.75, 3.05) is 4.90 Å². The second-order valence-electron chi connectivity index (χ2n) is 5.98. The minimum atomic E-state index is -0.971. The van der Waals surface area contributed by atoms with Crippen LogP contribution >= 0.6 is 0 Å². The van der Waals surface area contributed by atoms with E-state index in [9.17, 15) is 18.8 Å².